The van der Waals surface area contributed by atoms with Gasteiger partial charge in [0.1, 0.15) is 11.2 Å². The van der Waals surface area contributed by atoms with Gasteiger partial charge in [0.15, 0.2) is 0 Å². The molecule has 11 rings (SSSR count). The molecule has 0 saturated carbocycles. The number of nitrogens with zero attached hydrogens (tertiary/aromatic N) is 1. The first-order valence-corrected chi connectivity index (χ1v) is 19.8. The summed E-state index contributed by atoms with van der Waals surface area (Å²) in [5, 5.41) is 2.18. The van der Waals surface area contributed by atoms with Crippen molar-refractivity contribution in [3.8, 4) is 33.4 Å². The normalized spacial score (nSPS) is 15.3. The summed E-state index contributed by atoms with van der Waals surface area (Å²) in [5.41, 5.74) is 14.8. The minimum atomic E-state index is -2.29. The summed E-state index contributed by atoms with van der Waals surface area (Å²) in [4.78, 5) is 2.30. The lowest BCUT2D eigenvalue weighted by atomic mass is 9.67. The van der Waals surface area contributed by atoms with Gasteiger partial charge in [-0.15, -0.1) is 0 Å². The van der Waals surface area contributed by atoms with Crippen molar-refractivity contribution >= 4 is 39.0 Å². The van der Waals surface area contributed by atoms with Gasteiger partial charge in [-0.3, -0.25) is 0 Å². The highest BCUT2D eigenvalue weighted by Crippen LogP contribution is 2.57. The topological polar surface area (TPSA) is 16.4 Å². The van der Waals surface area contributed by atoms with Crippen LogP contribution in [0.1, 0.15) is 31.9 Å². The van der Waals surface area contributed by atoms with E-state index in [2.05, 4.69) is 169 Å². The zero-order chi connectivity index (χ0) is 41.1. The van der Waals surface area contributed by atoms with E-state index in [0.29, 0.717) is 5.56 Å². The highest BCUT2D eigenvalue weighted by atomic mass is 16.3. The number of para-hydroxylation sites is 3. The Labute approximate surface area is 343 Å². The molecular weight excluding hydrogens is 703 g/mol. The molecule has 1 heterocycles. The molecule has 0 radical (unpaired) electrons. The molecule has 0 N–H and O–H groups in total. The summed E-state index contributed by atoms with van der Waals surface area (Å²) >= 11 is 0. The first-order chi connectivity index (χ1) is 29.9. The van der Waals surface area contributed by atoms with Crippen LogP contribution in [0.3, 0.4) is 0 Å². The fourth-order valence-corrected chi connectivity index (χ4v) is 9.26. The molecule has 1 aromatic heterocycles. The van der Waals surface area contributed by atoms with Crippen LogP contribution in [0.5, 0.6) is 0 Å². The van der Waals surface area contributed by atoms with E-state index in [-0.39, 0.29) is 0 Å². The molecule has 0 fully saturated rings. The molecule has 0 saturated heterocycles. The second-order valence-corrected chi connectivity index (χ2v) is 15.0. The van der Waals surface area contributed by atoms with Gasteiger partial charge in [-0.1, -0.05) is 181 Å². The molecule has 0 bridgehead atoms. The van der Waals surface area contributed by atoms with Gasteiger partial charge in [0, 0.05) is 37.5 Å². The second-order valence-electron chi connectivity index (χ2n) is 15.0. The first kappa shape index (κ1) is 30.8. The van der Waals surface area contributed by atoms with Crippen LogP contribution in [0.25, 0.3) is 55.3 Å². The molecular formula is C56H39NO. The first-order valence-electron chi connectivity index (χ1n) is 21.3. The smallest absolute Gasteiger partial charge is 0.143 e. The Morgan fingerprint density at radius 1 is 0.414 bits per heavy atom. The Balaban J connectivity index is 1.13. The van der Waals surface area contributed by atoms with Gasteiger partial charge < -0.3 is 9.32 Å². The van der Waals surface area contributed by atoms with Gasteiger partial charge in [0.25, 0.3) is 0 Å². The van der Waals surface area contributed by atoms with Crippen molar-refractivity contribution in [3.05, 3.63) is 246 Å². The zero-order valence-electron chi connectivity index (χ0n) is 34.6. The van der Waals surface area contributed by atoms with Gasteiger partial charge in [-0.25, -0.2) is 0 Å². The van der Waals surface area contributed by atoms with E-state index in [0.717, 1.165) is 89.1 Å². The van der Waals surface area contributed by atoms with Gasteiger partial charge >= 0.3 is 0 Å². The van der Waals surface area contributed by atoms with Crippen LogP contribution in [0, 0.1) is 6.85 Å². The predicted molar refractivity (Wildman–Crippen MR) is 241 cm³/mol. The number of hydrogen-bond donors (Lipinski definition) is 0. The number of furan rings is 1. The van der Waals surface area contributed by atoms with Crippen LogP contribution in [-0.2, 0) is 5.41 Å². The second kappa shape index (κ2) is 13.7. The third-order valence-corrected chi connectivity index (χ3v) is 11.9. The van der Waals surface area contributed by atoms with Crippen molar-refractivity contribution < 1.29 is 8.53 Å². The van der Waals surface area contributed by atoms with Crippen LogP contribution in [0.2, 0.25) is 0 Å². The van der Waals surface area contributed by atoms with Crippen molar-refractivity contribution in [3.63, 3.8) is 0 Å². The van der Waals surface area contributed by atoms with E-state index < -0.39 is 12.3 Å². The Morgan fingerprint density at radius 3 is 1.74 bits per heavy atom. The molecule has 274 valence electrons. The van der Waals surface area contributed by atoms with Gasteiger partial charge in [-0.05, 0) is 99.4 Å². The highest BCUT2D eigenvalue weighted by molar-refractivity contribution is 6.09. The molecule has 0 aliphatic heterocycles. The molecule has 2 nitrogen and oxygen atoms in total. The van der Waals surface area contributed by atoms with E-state index in [9.17, 15) is 0 Å². The average Bonchev–Trinajstić information content (AvgIpc) is 3.84. The van der Waals surface area contributed by atoms with Crippen molar-refractivity contribution in [1.82, 2.24) is 0 Å². The minimum Gasteiger partial charge on any atom is -0.455 e. The molecule has 10 aromatic rings. The maximum absolute atomic E-state index is 8.53. The van der Waals surface area contributed by atoms with E-state index >= 15 is 0 Å². The van der Waals surface area contributed by atoms with Gasteiger partial charge in [-0.2, -0.15) is 0 Å². The molecule has 9 aromatic carbocycles. The summed E-state index contributed by atoms with van der Waals surface area (Å²) in [6.07, 6.45) is 0. The third kappa shape index (κ3) is 5.33. The largest absolute Gasteiger partial charge is 0.455 e. The van der Waals surface area contributed by atoms with Crippen molar-refractivity contribution in [2.75, 3.05) is 4.90 Å². The van der Waals surface area contributed by atoms with Crippen LogP contribution >= 0.6 is 0 Å². The fraction of sp³-hybridized carbons (Fsp3) is 0.0357. The van der Waals surface area contributed by atoms with Crippen molar-refractivity contribution in [2.45, 2.75) is 12.3 Å². The lowest BCUT2D eigenvalue weighted by Crippen LogP contribution is -2.29. The maximum Gasteiger partial charge on any atom is 0.143 e. The Morgan fingerprint density at radius 2 is 0.983 bits per heavy atom. The van der Waals surface area contributed by atoms with Gasteiger partial charge in [0.2, 0.25) is 0 Å². The number of aryl methyl sites for hydroxylation is 1. The van der Waals surface area contributed by atoms with E-state index in [1.165, 1.54) is 5.56 Å². The monoisotopic (exact) mass is 744 g/mol. The molecule has 1 aliphatic rings. The summed E-state index contributed by atoms with van der Waals surface area (Å²) in [7, 11) is 0. The minimum absolute atomic E-state index is 0.317. The number of benzene rings is 9. The van der Waals surface area contributed by atoms with Crippen molar-refractivity contribution in [2.24, 2.45) is 0 Å². The maximum atomic E-state index is 8.53. The van der Waals surface area contributed by atoms with Crippen LogP contribution in [0.15, 0.2) is 223 Å². The average molecular weight is 745 g/mol. The van der Waals surface area contributed by atoms with Crippen molar-refractivity contribution in [1.29, 1.82) is 0 Å². The van der Waals surface area contributed by atoms with Crippen LogP contribution < -0.4 is 4.90 Å². The SMILES string of the molecule is [2H]C([2H])([2H])c1ccc2c(c1)C(c1ccccc1)(c1ccc(-c3cccc4c3oc3ccccc34)cc1)c1cc(N(c3ccccc3)c3ccc(-c4ccccc4)cc3)ccc1-2. The van der Waals surface area contributed by atoms with Crippen LogP contribution in [0.4, 0.5) is 17.1 Å². The van der Waals surface area contributed by atoms with E-state index in [1.807, 2.05) is 48.5 Å². The summed E-state index contributed by atoms with van der Waals surface area (Å²) < 4.78 is 32.1. The van der Waals surface area contributed by atoms with Crippen LogP contribution in [-0.4, -0.2) is 0 Å². The standard InChI is InChI=1S/C56H39NO/c1-38-24-34-48-49-35-33-46(57(44-18-9-4-10-19-44)45-31-27-40(28-32-45)39-14-5-2-6-15-39)37-53(49)56(52(48)36-38,42-16-7-3-8-17-42)43-29-25-41(26-30-43)47-21-13-22-51-50-20-11-12-23-54(50)58-55(47)51/h2-37H,1H3/i1D3. The molecule has 0 amide bonds. The third-order valence-electron chi connectivity index (χ3n) is 11.9. The fourth-order valence-electron chi connectivity index (χ4n) is 9.26. The molecule has 1 atom stereocenters. The Bertz CT molecular complexity index is 3210. The quantitative estimate of drug-likeness (QED) is 0.162. The van der Waals surface area contributed by atoms with Gasteiger partial charge in [0.05, 0.1) is 5.41 Å². The zero-order valence-corrected chi connectivity index (χ0v) is 31.6. The molecule has 0 spiro atoms. The lowest BCUT2D eigenvalue weighted by Gasteiger charge is -2.35. The van der Waals surface area contributed by atoms with E-state index in [1.54, 1.807) is 6.07 Å². The summed E-state index contributed by atoms with van der Waals surface area (Å²) in [5.74, 6) is 0. The summed E-state index contributed by atoms with van der Waals surface area (Å²) in [6, 6.07) is 75.9. The Kier molecular flexibility index (Phi) is 7.24. The lowest BCUT2D eigenvalue weighted by molar-refractivity contribution is 0.670. The molecule has 58 heavy (non-hydrogen) atoms. The molecule has 2 heteroatoms. The predicted octanol–water partition coefficient (Wildman–Crippen LogP) is 15.1. The number of anilines is 3. The summed E-state index contributed by atoms with van der Waals surface area (Å²) in [6.45, 7) is -2.29. The highest BCUT2D eigenvalue weighted by Gasteiger charge is 2.46. The number of rotatable bonds is 7. The van der Waals surface area contributed by atoms with E-state index in [4.69, 9.17) is 8.53 Å². The molecule has 1 unspecified atom stereocenters. The number of hydrogen-bond acceptors (Lipinski definition) is 2. The number of fused-ring (bicyclic) bond motifs is 6. The Hall–Kier alpha value is -7.42. The molecule has 1 aliphatic carbocycles.